The molecule has 5 aromatic rings. The van der Waals surface area contributed by atoms with Crippen molar-refractivity contribution in [1.29, 1.82) is 0 Å². The highest BCUT2D eigenvalue weighted by atomic mass is 32.2. The maximum absolute atomic E-state index is 14.0. The third-order valence-corrected chi connectivity index (χ3v) is 8.02. The van der Waals surface area contributed by atoms with Gasteiger partial charge in [0.2, 0.25) is 0 Å². The summed E-state index contributed by atoms with van der Waals surface area (Å²) in [6, 6.07) is 31.6. The van der Waals surface area contributed by atoms with E-state index in [1.54, 1.807) is 48.5 Å². The van der Waals surface area contributed by atoms with Crippen molar-refractivity contribution < 1.29 is 22.7 Å². The molecule has 1 amide bonds. The lowest BCUT2D eigenvalue weighted by Gasteiger charge is -2.23. The molecule has 0 aliphatic carbocycles. The molecule has 0 aromatic heterocycles. The summed E-state index contributed by atoms with van der Waals surface area (Å²) in [6.45, 7) is 3.80. The average molecular weight is 536 g/mol. The molecule has 0 aliphatic rings. The van der Waals surface area contributed by atoms with Crippen molar-refractivity contribution in [1.82, 2.24) is 0 Å². The van der Waals surface area contributed by atoms with Gasteiger partial charge in [-0.25, -0.2) is 13.2 Å². The number of amides is 1. The molecule has 39 heavy (non-hydrogen) atoms. The molecule has 0 N–H and O–H groups in total. The van der Waals surface area contributed by atoms with Crippen molar-refractivity contribution in [2.75, 3.05) is 4.31 Å². The Bertz CT molecular complexity index is 1780. The number of anilines is 1. The number of hydrogen-bond donors (Lipinski definition) is 0. The molecular formula is C32H25NO5S. The number of carbonyl (C=O) groups is 2. The summed E-state index contributed by atoms with van der Waals surface area (Å²) in [7, 11) is -4.31. The minimum Gasteiger partial charge on any atom is -0.423 e. The Hall–Kier alpha value is -4.75. The van der Waals surface area contributed by atoms with Crippen LogP contribution in [0.25, 0.3) is 10.8 Å². The summed E-state index contributed by atoms with van der Waals surface area (Å²) >= 11 is 0. The highest BCUT2D eigenvalue weighted by Gasteiger charge is 2.32. The molecule has 0 heterocycles. The highest BCUT2D eigenvalue weighted by molar-refractivity contribution is 7.93. The van der Waals surface area contributed by atoms with Gasteiger partial charge >= 0.3 is 5.97 Å². The number of nitrogens with zero attached hydrogens (tertiary/aromatic N) is 1. The monoisotopic (exact) mass is 535 g/mol. The molecule has 194 valence electrons. The number of carbonyl (C=O) groups excluding carboxylic acids is 2. The first-order chi connectivity index (χ1) is 18.7. The van der Waals surface area contributed by atoms with Gasteiger partial charge in [-0.05, 0) is 85.3 Å². The molecule has 0 saturated heterocycles. The molecule has 0 spiro atoms. The van der Waals surface area contributed by atoms with Crippen molar-refractivity contribution in [3.05, 3.63) is 138 Å². The van der Waals surface area contributed by atoms with Gasteiger partial charge in [0.1, 0.15) is 5.75 Å². The van der Waals surface area contributed by atoms with Crippen LogP contribution in [-0.4, -0.2) is 20.3 Å². The van der Waals surface area contributed by atoms with Crippen LogP contribution in [0, 0.1) is 13.8 Å². The van der Waals surface area contributed by atoms with E-state index in [0.29, 0.717) is 5.56 Å². The number of hydrogen-bond acceptors (Lipinski definition) is 5. The second kappa shape index (κ2) is 10.6. The Kier molecular flexibility index (Phi) is 7.00. The average Bonchev–Trinajstić information content (AvgIpc) is 2.94. The van der Waals surface area contributed by atoms with E-state index in [0.717, 1.165) is 26.2 Å². The minimum atomic E-state index is -4.31. The van der Waals surface area contributed by atoms with E-state index in [4.69, 9.17) is 4.74 Å². The van der Waals surface area contributed by atoms with Crippen molar-refractivity contribution in [2.45, 2.75) is 18.7 Å². The third-order valence-electron chi connectivity index (χ3n) is 6.31. The number of esters is 1. The fourth-order valence-electron chi connectivity index (χ4n) is 4.12. The minimum absolute atomic E-state index is 0.0171. The van der Waals surface area contributed by atoms with Crippen LogP contribution in [-0.2, 0) is 10.0 Å². The highest BCUT2D eigenvalue weighted by Crippen LogP contribution is 2.30. The zero-order chi connectivity index (χ0) is 27.6. The molecule has 5 rings (SSSR count). The van der Waals surface area contributed by atoms with Gasteiger partial charge in [-0.2, -0.15) is 4.31 Å². The molecule has 6 nitrogen and oxygen atoms in total. The summed E-state index contributed by atoms with van der Waals surface area (Å²) in [5.74, 6) is -1.03. The Labute approximate surface area is 227 Å². The molecule has 0 unspecified atom stereocenters. The Morgan fingerprint density at radius 2 is 1.21 bits per heavy atom. The molecule has 0 radical (unpaired) electrons. The van der Waals surface area contributed by atoms with Gasteiger partial charge in [0.25, 0.3) is 15.9 Å². The molecular weight excluding hydrogens is 510 g/mol. The van der Waals surface area contributed by atoms with Gasteiger partial charge in [-0.15, -0.1) is 0 Å². The summed E-state index contributed by atoms with van der Waals surface area (Å²) in [6.07, 6.45) is 0. The van der Waals surface area contributed by atoms with Gasteiger partial charge in [0.05, 0.1) is 16.1 Å². The van der Waals surface area contributed by atoms with Crippen LogP contribution >= 0.6 is 0 Å². The van der Waals surface area contributed by atoms with E-state index >= 15 is 0 Å². The van der Waals surface area contributed by atoms with E-state index < -0.39 is 21.9 Å². The van der Waals surface area contributed by atoms with E-state index in [1.165, 1.54) is 30.3 Å². The predicted octanol–water partition coefficient (Wildman–Crippen LogP) is 6.71. The lowest BCUT2D eigenvalue weighted by Crippen LogP contribution is -2.37. The fourth-order valence-corrected chi connectivity index (χ4v) is 5.57. The SMILES string of the molecule is Cc1ccc(C(=O)Oc2ccc(N(C(=O)c3ccc(C)cc3)S(=O)(=O)c3ccc4ccccc4c3)cc2)cc1. The maximum atomic E-state index is 14.0. The third kappa shape index (κ3) is 5.44. The first kappa shape index (κ1) is 25.9. The molecule has 0 atom stereocenters. The molecule has 0 aliphatic heterocycles. The molecule has 0 fully saturated rings. The van der Waals surface area contributed by atoms with Crippen LogP contribution < -0.4 is 9.04 Å². The lowest BCUT2D eigenvalue weighted by atomic mass is 10.1. The fraction of sp³-hybridized carbons (Fsp3) is 0.0625. The van der Waals surface area contributed by atoms with Crippen LogP contribution in [0.5, 0.6) is 5.75 Å². The Morgan fingerprint density at radius 1 is 0.641 bits per heavy atom. The standard InChI is InChI=1S/C32H25NO5S/c1-22-7-11-25(12-8-22)31(34)33(39(36,37)30-20-15-24-5-3-4-6-27(24)21-30)28-16-18-29(19-17-28)38-32(35)26-13-9-23(2)10-14-26/h3-21H,1-2H3. The Balaban J connectivity index is 1.52. The number of benzene rings is 5. The first-order valence-corrected chi connectivity index (χ1v) is 13.7. The zero-order valence-electron chi connectivity index (χ0n) is 21.4. The van der Waals surface area contributed by atoms with Gasteiger partial charge in [-0.1, -0.05) is 65.7 Å². The lowest BCUT2D eigenvalue weighted by molar-refractivity contribution is 0.0734. The number of ether oxygens (including phenoxy) is 1. The topological polar surface area (TPSA) is 80.8 Å². The summed E-state index contributed by atoms with van der Waals surface area (Å²) in [5, 5.41) is 1.62. The zero-order valence-corrected chi connectivity index (χ0v) is 22.2. The number of aryl methyl sites for hydroxylation is 2. The van der Waals surface area contributed by atoms with Crippen LogP contribution in [0.15, 0.2) is 120 Å². The van der Waals surface area contributed by atoms with Crippen LogP contribution in [0.2, 0.25) is 0 Å². The van der Waals surface area contributed by atoms with Gasteiger partial charge < -0.3 is 4.74 Å². The smallest absolute Gasteiger partial charge is 0.343 e. The Morgan fingerprint density at radius 3 is 1.82 bits per heavy atom. The molecule has 7 heteroatoms. The number of fused-ring (bicyclic) bond motifs is 1. The summed E-state index contributed by atoms with van der Waals surface area (Å²) in [4.78, 5) is 26.2. The largest absolute Gasteiger partial charge is 0.423 e. The van der Waals surface area contributed by atoms with E-state index in [2.05, 4.69) is 0 Å². The quantitative estimate of drug-likeness (QED) is 0.178. The van der Waals surface area contributed by atoms with Crippen molar-refractivity contribution in [3.63, 3.8) is 0 Å². The van der Waals surface area contributed by atoms with Crippen LogP contribution in [0.4, 0.5) is 5.69 Å². The van der Waals surface area contributed by atoms with E-state index in [9.17, 15) is 18.0 Å². The van der Waals surface area contributed by atoms with E-state index in [-0.39, 0.29) is 21.9 Å². The second-order valence-electron chi connectivity index (χ2n) is 9.20. The summed E-state index contributed by atoms with van der Waals surface area (Å²) in [5.41, 5.74) is 2.68. The second-order valence-corrected chi connectivity index (χ2v) is 11.0. The van der Waals surface area contributed by atoms with Crippen molar-refractivity contribution in [2.24, 2.45) is 0 Å². The molecule has 0 bridgehead atoms. The predicted molar refractivity (Wildman–Crippen MR) is 152 cm³/mol. The van der Waals surface area contributed by atoms with Gasteiger partial charge in [-0.3, -0.25) is 4.79 Å². The maximum Gasteiger partial charge on any atom is 0.343 e. The number of sulfonamides is 1. The first-order valence-electron chi connectivity index (χ1n) is 12.3. The molecule has 5 aromatic carbocycles. The van der Waals surface area contributed by atoms with Crippen LogP contribution in [0.1, 0.15) is 31.8 Å². The van der Waals surface area contributed by atoms with Gasteiger partial charge in [0, 0.05) is 5.56 Å². The summed E-state index contributed by atoms with van der Waals surface area (Å²) < 4.78 is 34.2. The molecule has 0 saturated carbocycles. The normalized spacial score (nSPS) is 11.2. The van der Waals surface area contributed by atoms with Crippen molar-refractivity contribution in [3.8, 4) is 5.75 Å². The van der Waals surface area contributed by atoms with E-state index in [1.807, 2.05) is 50.2 Å². The number of rotatable bonds is 6. The van der Waals surface area contributed by atoms with Crippen LogP contribution in [0.3, 0.4) is 0 Å². The van der Waals surface area contributed by atoms with Gasteiger partial charge in [0.15, 0.2) is 0 Å². The van der Waals surface area contributed by atoms with Crippen molar-refractivity contribution >= 4 is 38.4 Å².